The second-order valence-corrected chi connectivity index (χ2v) is 5.63. The summed E-state index contributed by atoms with van der Waals surface area (Å²) in [6.07, 6.45) is 3.54. The van der Waals surface area contributed by atoms with Gasteiger partial charge in [-0.15, -0.1) is 11.8 Å². The number of unbranched alkanes of at least 4 members (excludes halogenated alkanes) is 1. The minimum absolute atomic E-state index is 0.243. The van der Waals surface area contributed by atoms with E-state index in [1.54, 1.807) is 0 Å². The van der Waals surface area contributed by atoms with E-state index in [-0.39, 0.29) is 6.04 Å². The molecule has 90 valence electrons. The first kappa shape index (κ1) is 13.6. The number of rotatable bonds is 6. The summed E-state index contributed by atoms with van der Waals surface area (Å²) in [5.41, 5.74) is 8.63. The van der Waals surface area contributed by atoms with Crippen LogP contribution in [0.15, 0.2) is 23.1 Å². The lowest BCUT2D eigenvalue weighted by Gasteiger charge is -2.12. The maximum Gasteiger partial charge on any atom is 0.0105 e. The molecule has 1 nitrogen and oxygen atoms in total. The largest absolute Gasteiger partial charge is 0.328 e. The predicted molar refractivity (Wildman–Crippen MR) is 74.2 cm³/mol. The van der Waals surface area contributed by atoms with Gasteiger partial charge >= 0.3 is 0 Å². The molecule has 0 aromatic heterocycles. The van der Waals surface area contributed by atoms with Crippen LogP contribution in [0.2, 0.25) is 0 Å². The topological polar surface area (TPSA) is 26.0 Å². The maximum absolute atomic E-state index is 5.89. The quantitative estimate of drug-likeness (QED) is 0.602. The molecule has 0 aliphatic heterocycles. The zero-order chi connectivity index (χ0) is 12.0. The molecule has 0 amide bonds. The van der Waals surface area contributed by atoms with Crippen molar-refractivity contribution in [2.75, 3.05) is 5.75 Å². The molecule has 0 bridgehead atoms. The molecule has 2 heteroatoms. The summed E-state index contributed by atoms with van der Waals surface area (Å²) in [7, 11) is 0. The zero-order valence-electron chi connectivity index (χ0n) is 10.6. The van der Waals surface area contributed by atoms with Gasteiger partial charge in [0.15, 0.2) is 0 Å². The van der Waals surface area contributed by atoms with Crippen LogP contribution in [0.25, 0.3) is 0 Å². The van der Waals surface area contributed by atoms with Crippen molar-refractivity contribution in [2.24, 2.45) is 5.73 Å². The Labute approximate surface area is 104 Å². The second kappa shape index (κ2) is 6.97. The van der Waals surface area contributed by atoms with E-state index in [9.17, 15) is 0 Å². The van der Waals surface area contributed by atoms with Crippen LogP contribution in [-0.2, 0) is 6.42 Å². The molecule has 0 aliphatic rings. The standard InChI is InChI=1S/C14H23NS/c1-4-5-8-16-14-7-6-11(2)9-13(14)10-12(3)15/h6-7,9,12H,4-5,8,10,15H2,1-3H3. The minimum atomic E-state index is 0.243. The highest BCUT2D eigenvalue weighted by atomic mass is 32.2. The van der Waals surface area contributed by atoms with Crippen LogP contribution in [0.1, 0.15) is 37.8 Å². The van der Waals surface area contributed by atoms with E-state index in [2.05, 4.69) is 39.0 Å². The maximum atomic E-state index is 5.89. The molecule has 1 aromatic rings. The van der Waals surface area contributed by atoms with E-state index < -0.39 is 0 Å². The van der Waals surface area contributed by atoms with Gasteiger partial charge in [0.1, 0.15) is 0 Å². The summed E-state index contributed by atoms with van der Waals surface area (Å²) in [5.74, 6) is 1.21. The summed E-state index contributed by atoms with van der Waals surface area (Å²) in [6, 6.07) is 6.96. The smallest absolute Gasteiger partial charge is 0.0105 e. The van der Waals surface area contributed by atoms with Gasteiger partial charge in [0.2, 0.25) is 0 Å². The van der Waals surface area contributed by atoms with E-state index in [0.717, 1.165) is 6.42 Å². The third-order valence-corrected chi connectivity index (χ3v) is 3.72. The number of nitrogens with two attached hydrogens (primary N) is 1. The monoisotopic (exact) mass is 237 g/mol. The lowest BCUT2D eigenvalue weighted by Crippen LogP contribution is -2.18. The molecular weight excluding hydrogens is 214 g/mol. The number of benzene rings is 1. The summed E-state index contributed by atoms with van der Waals surface area (Å²) >= 11 is 1.97. The first-order valence-electron chi connectivity index (χ1n) is 6.11. The van der Waals surface area contributed by atoms with Gasteiger partial charge in [0, 0.05) is 10.9 Å². The van der Waals surface area contributed by atoms with E-state index in [1.807, 2.05) is 11.8 Å². The van der Waals surface area contributed by atoms with E-state index in [0.29, 0.717) is 0 Å². The predicted octanol–water partition coefficient (Wildman–Crippen LogP) is 3.78. The first-order chi connectivity index (χ1) is 7.63. The lowest BCUT2D eigenvalue weighted by molar-refractivity contribution is 0.728. The summed E-state index contributed by atoms with van der Waals surface area (Å²) in [4.78, 5) is 1.41. The minimum Gasteiger partial charge on any atom is -0.328 e. The third-order valence-electron chi connectivity index (χ3n) is 2.51. The Bertz CT molecular complexity index is 321. The number of thioether (sulfide) groups is 1. The van der Waals surface area contributed by atoms with Gasteiger partial charge in [-0.1, -0.05) is 31.0 Å². The molecule has 0 fully saturated rings. The normalized spacial score (nSPS) is 12.8. The van der Waals surface area contributed by atoms with Crippen LogP contribution in [0.5, 0.6) is 0 Å². The molecule has 2 N–H and O–H groups in total. The Hall–Kier alpha value is -0.470. The van der Waals surface area contributed by atoms with Gasteiger partial charge < -0.3 is 5.73 Å². The van der Waals surface area contributed by atoms with Crippen molar-refractivity contribution in [3.63, 3.8) is 0 Å². The lowest BCUT2D eigenvalue weighted by atomic mass is 10.1. The summed E-state index contributed by atoms with van der Waals surface area (Å²) < 4.78 is 0. The van der Waals surface area contributed by atoms with Crippen LogP contribution in [-0.4, -0.2) is 11.8 Å². The Morgan fingerprint density at radius 1 is 1.38 bits per heavy atom. The van der Waals surface area contributed by atoms with Crippen molar-refractivity contribution < 1.29 is 0 Å². The van der Waals surface area contributed by atoms with Gasteiger partial charge in [-0.25, -0.2) is 0 Å². The first-order valence-corrected chi connectivity index (χ1v) is 7.10. The third kappa shape index (κ3) is 4.58. The fraction of sp³-hybridized carbons (Fsp3) is 0.571. The molecule has 0 spiro atoms. The molecule has 1 rings (SSSR count). The van der Waals surface area contributed by atoms with Crippen molar-refractivity contribution in [3.05, 3.63) is 29.3 Å². The van der Waals surface area contributed by atoms with Gasteiger partial charge in [-0.2, -0.15) is 0 Å². The fourth-order valence-electron chi connectivity index (χ4n) is 1.68. The highest BCUT2D eigenvalue weighted by molar-refractivity contribution is 7.99. The van der Waals surface area contributed by atoms with Crippen molar-refractivity contribution in [2.45, 2.75) is 51.0 Å². The summed E-state index contributed by atoms with van der Waals surface area (Å²) in [6.45, 7) is 6.45. The van der Waals surface area contributed by atoms with E-state index in [4.69, 9.17) is 5.73 Å². The SMILES string of the molecule is CCCCSc1ccc(C)cc1CC(C)N. The van der Waals surface area contributed by atoms with Crippen molar-refractivity contribution in [3.8, 4) is 0 Å². The van der Waals surface area contributed by atoms with Crippen molar-refractivity contribution in [1.29, 1.82) is 0 Å². The molecule has 1 atom stereocenters. The molecule has 0 radical (unpaired) electrons. The number of hydrogen-bond donors (Lipinski definition) is 1. The van der Waals surface area contributed by atoms with Gasteiger partial charge in [0.05, 0.1) is 0 Å². The Morgan fingerprint density at radius 3 is 2.75 bits per heavy atom. The highest BCUT2D eigenvalue weighted by Crippen LogP contribution is 2.25. The van der Waals surface area contributed by atoms with Crippen LogP contribution in [0, 0.1) is 6.92 Å². The molecule has 0 saturated carbocycles. The molecule has 0 heterocycles. The molecular formula is C14H23NS. The van der Waals surface area contributed by atoms with Crippen LogP contribution in [0.4, 0.5) is 0 Å². The second-order valence-electron chi connectivity index (χ2n) is 4.49. The van der Waals surface area contributed by atoms with Crippen LogP contribution >= 0.6 is 11.8 Å². The van der Waals surface area contributed by atoms with Gasteiger partial charge in [-0.3, -0.25) is 0 Å². The Balaban J connectivity index is 2.72. The Morgan fingerprint density at radius 2 is 2.12 bits per heavy atom. The highest BCUT2D eigenvalue weighted by Gasteiger charge is 2.05. The molecule has 0 saturated heterocycles. The number of hydrogen-bond acceptors (Lipinski definition) is 2. The van der Waals surface area contributed by atoms with Gasteiger partial charge in [-0.05, 0) is 44.1 Å². The molecule has 16 heavy (non-hydrogen) atoms. The Kier molecular flexibility index (Phi) is 5.93. The summed E-state index contributed by atoms with van der Waals surface area (Å²) in [5, 5.41) is 0. The number of aryl methyl sites for hydroxylation is 1. The zero-order valence-corrected chi connectivity index (χ0v) is 11.4. The van der Waals surface area contributed by atoms with Gasteiger partial charge in [0.25, 0.3) is 0 Å². The van der Waals surface area contributed by atoms with Crippen molar-refractivity contribution >= 4 is 11.8 Å². The fourth-order valence-corrected chi connectivity index (χ4v) is 2.83. The van der Waals surface area contributed by atoms with E-state index >= 15 is 0 Å². The molecule has 0 aliphatic carbocycles. The average Bonchev–Trinajstić information content (AvgIpc) is 2.20. The molecule has 1 unspecified atom stereocenters. The molecule has 1 aromatic carbocycles. The average molecular weight is 237 g/mol. The van der Waals surface area contributed by atoms with Crippen LogP contribution < -0.4 is 5.73 Å². The van der Waals surface area contributed by atoms with Crippen molar-refractivity contribution in [1.82, 2.24) is 0 Å². The van der Waals surface area contributed by atoms with Crippen LogP contribution in [0.3, 0.4) is 0 Å². The van der Waals surface area contributed by atoms with E-state index in [1.165, 1.54) is 34.6 Å².